The lowest BCUT2D eigenvalue weighted by atomic mass is 9.87. The smallest absolute Gasteiger partial charge is 0.0630 e. The van der Waals surface area contributed by atoms with Crippen molar-refractivity contribution in [2.24, 2.45) is 0 Å². The highest BCUT2D eigenvalue weighted by Crippen LogP contribution is 2.53. The average molecular weight is 489 g/mol. The molecule has 0 amide bonds. The molecule has 0 radical (unpaired) electrons. The molecule has 7 rings (SSSR count). The van der Waals surface area contributed by atoms with Gasteiger partial charge in [-0.1, -0.05) is 132 Å². The highest BCUT2D eigenvalue weighted by atomic mass is 28.2. The molecule has 0 saturated carbocycles. The molecule has 0 aliphatic heterocycles. The van der Waals surface area contributed by atoms with Crippen LogP contribution in [0.4, 0.5) is 0 Å². The van der Waals surface area contributed by atoms with Gasteiger partial charge in [-0.2, -0.15) is 0 Å². The first-order valence-electron chi connectivity index (χ1n) is 13.1. The van der Waals surface area contributed by atoms with Gasteiger partial charge in [0, 0.05) is 0 Å². The van der Waals surface area contributed by atoms with Crippen LogP contribution in [0.5, 0.6) is 0 Å². The average Bonchev–Trinajstić information content (AvgIpc) is 3.28. The molecule has 0 fully saturated rings. The first kappa shape index (κ1) is 22.0. The molecule has 0 atom stereocenters. The van der Waals surface area contributed by atoms with Gasteiger partial charge in [0.25, 0.3) is 0 Å². The summed E-state index contributed by atoms with van der Waals surface area (Å²) in [5.41, 5.74) is 13.7. The lowest BCUT2D eigenvalue weighted by Gasteiger charge is -2.21. The van der Waals surface area contributed by atoms with E-state index in [1.54, 1.807) is 0 Å². The quantitative estimate of drug-likeness (QED) is 0.224. The highest BCUT2D eigenvalue weighted by molar-refractivity contribution is 6.69. The summed E-state index contributed by atoms with van der Waals surface area (Å²) >= 11 is 0. The molecule has 0 bridgehead atoms. The SMILES string of the molecule is Cc1cccc([SiH2]c2cc(-c3ccccc3)c3c(c2-c2ccccc2)-c2cccc4cccc-3c24)c1C. The first-order valence-corrected chi connectivity index (χ1v) is 14.5. The Balaban J connectivity index is 1.62. The van der Waals surface area contributed by atoms with Crippen LogP contribution in [0, 0.1) is 13.8 Å². The van der Waals surface area contributed by atoms with Crippen LogP contribution < -0.4 is 10.4 Å². The van der Waals surface area contributed by atoms with Crippen molar-refractivity contribution in [2.45, 2.75) is 13.8 Å². The maximum Gasteiger partial charge on any atom is 0.0887 e. The minimum Gasteiger partial charge on any atom is -0.0630 e. The van der Waals surface area contributed by atoms with Gasteiger partial charge in [0.1, 0.15) is 0 Å². The number of aryl methyl sites for hydroxylation is 1. The van der Waals surface area contributed by atoms with Crippen molar-refractivity contribution in [1.82, 2.24) is 0 Å². The van der Waals surface area contributed by atoms with Gasteiger partial charge in [-0.3, -0.25) is 0 Å². The van der Waals surface area contributed by atoms with E-state index in [-0.39, 0.29) is 0 Å². The number of rotatable bonds is 4. The minimum atomic E-state index is -0.755. The monoisotopic (exact) mass is 488 g/mol. The normalized spacial score (nSPS) is 11.9. The van der Waals surface area contributed by atoms with Gasteiger partial charge in [0.05, 0.1) is 9.52 Å². The Bertz CT molecular complexity index is 1790. The lowest BCUT2D eigenvalue weighted by Crippen LogP contribution is -2.31. The van der Waals surface area contributed by atoms with Crippen LogP contribution in [0.15, 0.2) is 121 Å². The van der Waals surface area contributed by atoms with Crippen LogP contribution in [-0.4, -0.2) is 9.52 Å². The molecule has 0 nitrogen and oxygen atoms in total. The molecule has 1 aliphatic rings. The van der Waals surface area contributed by atoms with Crippen LogP contribution in [0.1, 0.15) is 11.1 Å². The molecule has 1 heteroatoms. The van der Waals surface area contributed by atoms with Crippen molar-refractivity contribution in [3.05, 3.63) is 132 Å². The van der Waals surface area contributed by atoms with Crippen molar-refractivity contribution in [2.75, 3.05) is 0 Å². The lowest BCUT2D eigenvalue weighted by molar-refractivity contribution is 1.37. The van der Waals surface area contributed by atoms with E-state index in [0.29, 0.717) is 0 Å². The molecule has 6 aromatic carbocycles. The summed E-state index contributed by atoms with van der Waals surface area (Å²) in [7, 11) is -0.755. The molecular formula is C36H28Si. The van der Waals surface area contributed by atoms with Crippen molar-refractivity contribution in [1.29, 1.82) is 0 Å². The molecule has 0 spiro atoms. The zero-order valence-corrected chi connectivity index (χ0v) is 22.7. The summed E-state index contributed by atoms with van der Waals surface area (Å²) in [5, 5.41) is 5.75. The van der Waals surface area contributed by atoms with Crippen LogP contribution >= 0.6 is 0 Å². The Morgan fingerprint density at radius 2 is 1.08 bits per heavy atom. The summed E-state index contributed by atoms with van der Waals surface area (Å²) in [6.07, 6.45) is 0. The number of hydrogen-bond acceptors (Lipinski definition) is 0. The van der Waals surface area contributed by atoms with Crippen LogP contribution in [0.2, 0.25) is 0 Å². The number of hydrogen-bond donors (Lipinski definition) is 0. The van der Waals surface area contributed by atoms with Gasteiger partial charge < -0.3 is 0 Å². The van der Waals surface area contributed by atoms with E-state index in [1.165, 1.54) is 76.8 Å². The zero-order valence-electron chi connectivity index (χ0n) is 21.3. The standard InChI is InChI=1S/C36H28Si/c1-23-12-9-21-31(24(23)2)37-32-22-30(25-13-5-3-6-14-25)35-28-19-10-17-26-18-11-20-29(33(26)28)36(35)34(32)27-15-7-4-8-16-27/h3-22H,37H2,1-2H3. The van der Waals surface area contributed by atoms with E-state index < -0.39 is 9.52 Å². The Kier molecular flexibility index (Phi) is 5.19. The Hall–Kier alpha value is -4.20. The molecular weight excluding hydrogens is 460 g/mol. The second-order valence-electron chi connectivity index (χ2n) is 10.2. The highest BCUT2D eigenvalue weighted by Gasteiger charge is 2.29. The van der Waals surface area contributed by atoms with E-state index in [4.69, 9.17) is 0 Å². The van der Waals surface area contributed by atoms with Gasteiger partial charge in [0.2, 0.25) is 0 Å². The second-order valence-corrected chi connectivity index (χ2v) is 12.1. The third-order valence-corrected chi connectivity index (χ3v) is 10.2. The summed E-state index contributed by atoms with van der Waals surface area (Å²) in [6, 6.07) is 45.0. The number of benzene rings is 6. The maximum absolute atomic E-state index is 2.54. The van der Waals surface area contributed by atoms with Crippen molar-refractivity contribution in [3.63, 3.8) is 0 Å². The topological polar surface area (TPSA) is 0 Å². The largest absolute Gasteiger partial charge is 0.0887 e. The fourth-order valence-electron chi connectivity index (χ4n) is 6.17. The van der Waals surface area contributed by atoms with Gasteiger partial charge in [-0.25, -0.2) is 0 Å². The van der Waals surface area contributed by atoms with Crippen molar-refractivity contribution >= 4 is 30.7 Å². The molecule has 37 heavy (non-hydrogen) atoms. The second kappa shape index (κ2) is 8.72. The Labute approximate surface area is 221 Å². The van der Waals surface area contributed by atoms with E-state index in [2.05, 4.69) is 135 Å². The van der Waals surface area contributed by atoms with Crippen LogP contribution in [0.25, 0.3) is 55.3 Å². The summed E-state index contributed by atoms with van der Waals surface area (Å²) in [6.45, 7) is 4.53. The Morgan fingerprint density at radius 1 is 0.459 bits per heavy atom. The third-order valence-electron chi connectivity index (χ3n) is 8.10. The van der Waals surface area contributed by atoms with Gasteiger partial charge in [0.15, 0.2) is 0 Å². The molecule has 0 heterocycles. The fourth-order valence-corrected chi connectivity index (χ4v) is 8.25. The number of fused-ring (bicyclic) bond motifs is 3. The third kappa shape index (κ3) is 3.50. The Morgan fingerprint density at radius 3 is 1.78 bits per heavy atom. The van der Waals surface area contributed by atoms with E-state index in [1.807, 2.05) is 0 Å². The van der Waals surface area contributed by atoms with E-state index >= 15 is 0 Å². The molecule has 0 unspecified atom stereocenters. The predicted octanol–water partition coefficient (Wildman–Crippen LogP) is 7.56. The molecule has 0 aromatic heterocycles. The van der Waals surface area contributed by atoms with Crippen molar-refractivity contribution in [3.8, 4) is 44.5 Å². The van der Waals surface area contributed by atoms with Gasteiger partial charge >= 0.3 is 0 Å². The predicted molar refractivity (Wildman–Crippen MR) is 163 cm³/mol. The zero-order chi connectivity index (χ0) is 24.9. The summed E-state index contributed by atoms with van der Waals surface area (Å²) in [4.78, 5) is 0. The summed E-state index contributed by atoms with van der Waals surface area (Å²) in [5.74, 6) is 0. The molecule has 176 valence electrons. The molecule has 6 aromatic rings. The molecule has 1 aliphatic carbocycles. The van der Waals surface area contributed by atoms with Crippen molar-refractivity contribution < 1.29 is 0 Å². The maximum atomic E-state index is 2.54. The van der Waals surface area contributed by atoms with Crippen LogP contribution in [-0.2, 0) is 0 Å². The molecule has 0 saturated heterocycles. The van der Waals surface area contributed by atoms with Gasteiger partial charge in [-0.15, -0.1) is 0 Å². The fraction of sp³-hybridized carbons (Fsp3) is 0.0556. The van der Waals surface area contributed by atoms with E-state index in [9.17, 15) is 0 Å². The minimum absolute atomic E-state index is 0.755. The molecule has 0 N–H and O–H groups in total. The van der Waals surface area contributed by atoms with Gasteiger partial charge in [-0.05, 0) is 80.3 Å². The van der Waals surface area contributed by atoms with Crippen LogP contribution in [0.3, 0.4) is 0 Å². The van der Waals surface area contributed by atoms with E-state index in [0.717, 1.165) is 0 Å². The summed E-state index contributed by atoms with van der Waals surface area (Å²) < 4.78 is 0. The first-order chi connectivity index (χ1) is 18.2.